The fraction of sp³-hybridized carbons (Fsp3) is 0.474. The van der Waals surface area contributed by atoms with Crippen LogP contribution in [0.1, 0.15) is 64.2 Å². The summed E-state index contributed by atoms with van der Waals surface area (Å²) in [7, 11) is 1.61. The van der Waals surface area contributed by atoms with E-state index in [1.807, 2.05) is 13.8 Å². The highest BCUT2D eigenvalue weighted by Gasteiger charge is 2.32. The molecule has 0 bridgehead atoms. The van der Waals surface area contributed by atoms with Crippen LogP contribution in [0.2, 0.25) is 0 Å². The lowest BCUT2D eigenvalue weighted by molar-refractivity contribution is -0.115. The number of ketones is 2. The summed E-state index contributed by atoms with van der Waals surface area (Å²) < 4.78 is 5.56. The van der Waals surface area contributed by atoms with E-state index in [9.17, 15) is 14.7 Å². The van der Waals surface area contributed by atoms with Crippen molar-refractivity contribution in [3.8, 4) is 5.75 Å². The number of hydrogen-bond acceptors (Lipinski definition) is 4. The maximum Gasteiger partial charge on any atom is 0.163 e. The van der Waals surface area contributed by atoms with Crippen molar-refractivity contribution in [2.24, 2.45) is 0 Å². The number of ether oxygens (including phenoxy) is 1. The molecular weight excluding hydrogens is 292 g/mol. The number of hydrogen-bond donors (Lipinski definition) is 1. The van der Waals surface area contributed by atoms with Crippen molar-refractivity contribution in [2.75, 3.05) is 7.11 Å². The maximum atomic E-state index is 12.5. The van der Waals surface area contributed by atoms with Crippen LogP contribution < -0.4 is 4.74 Å². The largest absolute Gasteiger partial charge is 0.512 e. The minimum Gasteiger partial charge on any atom is -0.512 e. The maximum absolute atomic E-state index is 12.5. The van der Waals surface area contributed by atoms with Crippen LogP contribution in [-0.2, 0) is 11.2 Å². The summed E-state index contributed by atoms with van der Waals surface area (Å²) in [5.41, 5.74) is 4.75. The quantitative estimate of drug-likeness (QED) is 0.903. The fourth-order valence-corrected chi connectivity index (χ4v) is 4.23. The highest BCUT2D eigenvalue weighted by Crippen LogP contribution is 2.43. The van der Waals surface area contributed by atoms with Crippen molar-refractivity contribution in [3.05, 3.63) is 39.7 Å². The number of methoxy groups -OCH3 is 1. The van der Waals surface area contributed by atoms with Gasteiger partial charge in [0, 0.05) is 36.5 Å². The van der Waals surface area contributed by atoms with E-state index < -0.39 is 0 Å². The predicted molar refractivity (Wildman–Crippen MR) is 87.4 cm³/mol. The number of carbonyl (C=O) groups excluding carboxylic acids is 2. The van der Waals surface area contributed by atoms with Gasteiger partial charge < -0.3 is 9.84 Å². The lowest BCUT2D eigenvalue weighted by Gasteiger charge is -2.30. The van der Waals surface area contributed by atoms with Gasteiger partial charge in [-0.25, -0.2) is 0 Å². The monoisotopic (exact) mass is 314 g/mol. The highest BCUT2D eigenvalue weighted by atomic mass is 16.5. The van der Waals surface area contributed by atoms with Crippen molar-refractivity contribution in [2.45, 2.75) is 51.9 Å². The zero-order chi connectivity index (χ0) is 16.7. The summed E-state index contributed by atoms with van der Waals surface area (Å²) in [4.78, 5) is 24.4. The predicted octanol–water partition coefficient (Wildman–Crippen LogP) is 3.72. The molecule has 1 N–H and O–H groups in total. The number of Topliss-reactive ketones (excluding diaryl/α,β-unsaturated/α-hetero) is 1. The normalized spacial score (nSPS) is 21.0. The summed E-state index contributed by atoms with van der Waals surface area (Å²) in [5.74, 6) is 0.872. The van der Waals surface area contributed by atoms with Gasteiger partial charge in [-0.15, -0.1) is 0 Å². The summed E-state index contributed by atoms with van der Waals surface area (Å²) in [6.07, 6.45) is 4.38. The van der Waals surface area contributed by atoms with E-state index in [1.165, 1.54) is 6.08 Å². The number of allylic oxidation sites excluding steroid dienone is 2. The Morgan fingerprint density at radius 2 is 1.87 bits per heavy atom. The van der Waals surface area contributed by atoms with Crippen LogP contribution in [0.5, 0.6) is 5.75 Å². The van der Waals surface area contributed by atoms with Gasteiger partial charge in [-0.2, -0.15) is 0 Å². The van der Waals surface area contributed by atoms with Crippen LogP contribution in [0, 0.1) is 13.8 Å². The number of carbonyl (C=O) groups is 2. The van der Waals surface area contributed by atoms with Gasteiger partial charge in [0.25, 0.3) is 0 Å². The van der Waals surface area contributed by atoms with Crippen LogP contribution in [0.4, 0.5) is 0 Å². The molecule has 0 heterocycles. The van der Waals surface area contributed by atoms with Crippen LogP contribution in [0.3, 0.4) is 0 Å². The van der Waals surface area contributed by atoms with Crippen molar-refractivity contribution in [1.82, 2.24) is 0 Å². The molecule has 122 valence electrons. The van der Waals surface area contributed by atoms with E-state index in [-0.39, 0.29) is 23.2 Å². The molecule has 0 radical (unpaired) electrons. The van der Waals surface area contributed by atoms with Crippen molar-refractivity contribution in [1.29, 1.82) is 0 Å². The van der Waals surface area contributed by atoms with E-state index in [1.54, 1.807) is 7.11 Å². The van der Waals surface area contributed by atoms with E-state index >= 15 is 0 Å². The zero-order valence-corrected chi connectivity index (χ0v) is 13.9. The Balaban J connectivity index is 2.24. The van der Waals surface area contributed by atoms with Crippen LogP contribution in [-0.4, -0.2) is 23.8 Å². The molecule has 1 aromatic rings. The molecule has 0 saturated carbocycles. The molecular formula is C19H22O4. The lowest BCUT2D eigenvalue weighted by Crippen LogP contribution is -2.21. The standard InChI is InChI=1S/C19H22O4/c1-10-17(12-7-13(20)9-14(21)8-12)15-5-4-6-16(22)18(15)11(2)19(10)23-3/h9,12,20H,4-8H2,1-3H3. The average Bonchev–Trinajstić information content (AvgIpc) is 2.46. The molecule has 1 aromatic carbocycles. The zero-order valence-electron chi connectivity index (χ0n) is 13.9. The average molecular weight is 314 g/mol. The third-order valence-corrected chi connectivity index (χ3v) is 5.04. The summed E-state index contributed by atoms with van der Waals surface area (Å²) in [6.45, 7) is 3.92. The summed E-state index contributed by atoms with van der Waals surface area (Å²) in [5, 5.41) is 9.88. The molecule has 0 aliphatic heterocycles. The van der Waals surface area contributed by atoms with Crippen molar-refractivity contribution in [3.63, 3.8) is 0 Å². The van der Waals surface area contributed by atoms with Crippen molar-refractivity contribution < 1.29 is 19.4 Å². The van der Waals surface area contributed by atoms with Crippen LogP contribution in [0.25, 0.3) is 0 Å². The number of benzene rings is 1. The van der Waals surface area contributed by atoms with Gasteiger partial charge in [0.2, 0.25) is 0 Å². The third kappa shape index (κ3) is 2.56. The van der Waals surface area contributed by atoms with Crippen LogP contribution >= 0.6 is 0 Å². The van der Waals surface area contributed by atoms with Crippen LogP contribution in [0.15, 0.2) is 11.8 Å². The number of rotatable bonds is 2. The topological polar surface area (TPSA) is 63.6 Å². The molecule has 0 fully saturated rings. The molecule has 1 unspecified atom stereocenters. The first-order valence-corrected chi connectivity index (χ1v) is 8.09. The Bertz CT molecular complexity index is 728. The number of aliphatic hydroxyl groups excluding tert-OH is 1. The van der Waals surface area contributed by atoms with Crippen molar-refractivity contribution >= 4 is 11.6 Å². The smallest absolute Gasteiger partial charge is 0.163 e. The first kappa shape index (κ1) is 15.8. The second-order valence-corrected chi connectivity index (χ2v) is 6.53. The Morgan fingerprint density at radius 1 is 1.13 bits per heavy atom. The van der Waals surface area contributed by atoms with E-state index in [0.717, 1.165) is 46.4 Å². The molecule has 0 aromatic heterocycles. The molecule has 3 rings (SSSR count). The van der Waals surface area contributed by atoms with Gasteiger partial charge in [-0.3, -0.25) is 9.59 Å². The lowest BCUT2D eigenvalue weighted by atomic mass is 9.75. The molecule has 1 atom stereocenters. The van der Waals surface area contributed by atoms with Gasteiger partial charge in [-0.1, -0.05) is 0 Å². The van der Waals surface area contributed by atoms with E-state index in [4.69, 9.17) is 4.74 Å². The molecule has 2 aliphatic rings. The van der Waals surface area contributed by atoms with Gasteiger partial charge >= 0.3 is 0 Å². The first-order chi connectivity index (χ1) is 10.9. The molecule has 2 aliphatic carbocycles. The third-order valence-electron chi connectivity index (χ3n) is 5.04. The fourth-order valence-electron chi connectivity index (χ4n) is 4.23. The number of aliphatic hydroxyl groups is 1. The summed E-state index contributed by atoms with van der Waals surface area (Å²) >= 11 is 0. The molecule has 0 saturated heterocycles. The molecule has 0 amide bonds. The Kier molecular flexibility index (Phi) is 4.00. The van der Waals surface area contributed by atoms with E-state index in [0.29, 0.717) is 19.3 Å². The molecule has 0 spiro atoms. The minimum atomic E-state index is -0.0818. The van der Waals surface area contributed by atoms with E-state index in [2.05, 4.69) is 0 Å². The molecule has 23 heavy (non-hydrogen) atoms. The minimum absolute atomic E-state index is 0.0615. The Hall–Kier alpha value is -2.10. The molecule has 4 nitrogen and oxygen atoms in total. The van der Waals surface area contributed by atoms with Gasteiger partial charge in [0.15, 0.2) is 11.6 Å². The SMILES string of the molecule is COc1c(C)c2c(c(C3CC(=O)C=C(O)C3)c1C)CCCC2=O. The highest BCUT2D eigenvalue weighted by molar-refractivity contribution is 6.01. The number of fused-ring (bicyclic) bond motifs is 1. The van der Waals surface area contributed by atoms with Gasteiger partial charge in [0.1, 0.15) is 5.75 Å². The molecule has 4 heteroatoms. The second-order valence-electron chi connectivity index (χ2n) is 6.53. The summed E-state index contributed by atoms with van der Waals surface area (Å²) in [6, 6.07) is 0. The first-order valence-electron chi connectivity index (χ1n) is 8.09. The van der Waals surface area contributed by atoms with Gasteiger partial charge in [-0.05, 0) is 49.3 Å². The Morgan fingerprint density at radius 3 is 2.52 bits per heavy atom. The second kappa shape index (κ2) is 5.84. The van der Waals surface area contributed by atoms with Gasteiger partial charge in [0.05, 0.1) is 12.9 Å². The Labute approximate surface area is 136 Å².